The molecule has 1 fully saturated rings. The lowest BCUT2D eigenvalue weighted by molar-refractivity contribution is 0.471. The van der Waals surface area contributed by atoms with E-state index in [1.54, 1.807) is 13.0 Å². The standard InChI is InChI=1S/C7H14NO2P/c1-3-6-4-7(6,8)5(2)11(9)10/h3,5-6,11H,1,4,8H2,2H3,(H,9,10)/t5?,6-,7+/m0/s1. The van der Waals surface area contributed by atoms with Crippen LogP contribution in [0.5, 0.6) is 0 Å². The molecule has 1 rings (SSSR count). The Labute approximate surface area is 67.2 Å². The Balaban J connectivity index is 2.62. The zero-order valence-electron chi connectivity index (χ0n) is 6.58. The summed E-state index contributed by atoms with van der Waals surface area (Å²) in [6.07, 6.45) is 2.57. The number of hydrogen-bond acceptors (Lipinski definition) is 2. The summed E-state index contributed by atoms with van der Waals surface area (Å²) in [6.45, 7) is 5.33. The topological polar surface area (TPSA) is 63.3 Å². The van der Waals surface area contributed by atoms with E-state index in [9.17, 15) is 4.57 Å². The molecule has 0 aromatic carbocycles. The molecule has 0 saturated heterocycles. The highest BCUT2D eigenvalue weighted by molar-refractivity contribution is 7.39. The van der Waals surface area contributed by atoms with E-state index in [4.69, 9.17) is 10.6 Å². The van der Waals surface area contributed by atoms with Gasteiger partial charge >= 0.3 is 0 Å². The van der Waals surface area contributed by atoms with Gasteiger partial charge in [-0.2, -0.15) is 0 Å². The molecule has 1 aliphatic rings. The maximum Gasteiger partial charge on any atom is 0.193 e. The number of rotatable bonds is 3. The van der Waals surface area contributed by atoms with Gasteiger partial charge in [0.2, 0.25) is 0 Å². The zero-order valence-corrected chi connectivity index (χ0v) is 7.58. The van der Waals surface area contributed by atoms with Crippen LogP contribution in [0.25, 0.3) is 0 Å². The molecule has 11 heavy (non-hydrogen) atoms. The second kappa shape index (κ2) is 2.74. The van der Waals surface area contributed by atoms with Crippen molar-refractivity contribution in [3.63, 3.8) is 0 Å². The molecule has 64 valence electrons. The lowest BCUT2D eigenvalue weighted by Crippen LogP contribution is -2.34. The van der Waals surface area contributed by atoms with Gasteiger partial charge in [-0.25, -0.2) is 0 Å². The van der Waals surface area contributed by atoms with Gasteiger partial charge in [0, 0.05) is 11.2 Å². The van der Waals surface area contributed by atoms with Crippen LogP contribution in [0, 0.1) is 5.92 Å². The van der Waals surface area contributed by atoms with Gasteiger partial charge in [0.1, 0.15) is 0 Å². The molecule has 0 radical (unpaired) electrons. The van der Waals surface area contributed by atoms with E-state index in [0.717, 1.165) is 6.42 Å². The van der Waals surface area contributed by atoms with Crippen molar-refractivity contribution in [2.75, 3.05) is 0 Å². The molecule has 2 unspecified atom stereocenters. The van der Waals surface area contributed by atoms with Crippen molar-refractivity contribution in [2.24, 2.45) is 11.7 Å². The van der Waals surface area contributed by atoms with E-state index in [1.165, 1.54) is 0 Å². The summed E-state index contributed by atoms with van der Waals surface area (Å²) in [5, 5.41) is 0. The third-order valence-corrected chi connectivity index (χ3v) is 3.84. The largest absolute Gasteiger partial charge is 0.346 e. The molecule has 0 amide bonds. The molecule has 0 aromatic heterocycles. The van der Waals surface area contributed by atoms with E-state index in [1.807, 2.05) is 0 Å². The molecule has 0 bridgehead atoms. The van der Waals surface area contributed by atoms with Gasteiger partial charge in [0.15, 0.2) is 8.03 Å². The summed E-state index contributed by atoms with van der Waals surface area (Å²) in [4.78, 5) is 8.84. The van der Waals surface area contributed by atoms with Gasteiger partial charge < -0.3 is 10.6 Å². The molecule has 3 nitrogen and oxygen atoms in total. The summed E-state index contributed by atoms with van der Waals surface area (Å²) in [5.74, 6) is 0.235. The third kappa shape index (κ3) is 1.41. The highest BCUT2D eigenvalue weighted by atomic mass is 31.1. The first-order valence-corrected chi connectivity index (χ1v) is 5.10. The van der Waals surface area contributed by atoms with E-state index in [0.29, 0.717) is 0 Å². The summed E-state index contributed by atoms with van der Waals surface area (Å²) in [5.41, 5.74) is 5.12. The predicted octanol–water partition coefficient (Wildman–Crippen LogP) is 0.745. The second-order valence-electron chi connectivity index (χ2n) is 3.22. The summed E-state index contributed by atoms with van der Waals surface area (Å²) >= 11 is 0. The third-order valence-electron chi connectivity index (χ3n) is 2.56. The van der Waals surface area contributed by atoms with Crippen molar-refractivity contribution in [1.29, 1.82) is 0 Å². The van der Waals surface area contributed by atoms with Crippen LogP contribution < -0.4 is 5.73 Å². The van der Waals surface area contributed by atoms with Crippen LogP contribution in [0.2, 0.25) is 0 Å². The smallest absolute Gasteiger partial charge is 0.193 e. The quantitative estimate of drug-likeness (QED) is 0.491. The van der Waals surface area contributed by atoms with Crippen molar-refractivity contribution < 1.29 is 9.46 Å². The highest BCUT2D eigenvalue weighted by Gasteiger charge is 2.54. The van der Waals surface area contributed by atoms with Gasteiger partial charge in [-0.05, 0) is 12.3 Å². The molecule has 4 atom stereocenters. The van der Waals surface area contributed by atoms with E-state index in [-0.39, 0.29) is 11.6 Å². The summed E-state index contributed by atoms with van der Waals surface area (Å²) in [7, 11) is -2.47. The Hall–Kier alpha value is -0.110. The van der Waals surface area contributed by atoms with Crippen molar-refractivity contribution in [3.05, 3.63) is 12.7 Å². The van der Waals surface area contributed by atoms with Crippen LogP contribution in [-0.4, -0.2) is 16.1 Å². The summed E-state index contributed by atoms with van der Waals surface area (Å²) in [6, 6.07) is 0. The van der Waals surface area contributed by atoms with Crippen molar-refractivity contribution in [2.45, 2.75) is 24.5 Å². The normalized spacial score (nSPS) is 41.2. The predicted molar refractivity (Wildman–Crippen MR) is 45.9 cm³/mol. The number of hydrogen-bond donors (Lipinski definition) is 2. The average Bonchev–Trinajstić information content (AvgIpc) is 2.61. The SMILES string of the molecule is C=C[C@H]1C[C@@]1(N)C(C)[PH](=O)O. The fraction of sp³-hybridized carbons (Fsp3) is 0.714. The minimum Gasteiger partial charge on any atom is -0.346 e. The minimum absolute atomic E-state index is 0.235. The molecule has 0 aliphatic heterocycles. The fourth-order valence-electron chi connectivity index (χ4n) is 1.35. The first-order chi connectivity index (χ1) is 5.02. The molecule has 0 heterocycles. The molecular weight excluding hydrogens is 161 g/mol. The highest BCUT2D eigenvalue weighted by Crippen LogP contribution is 2.50. The van der Waals surface area contributed by atoms with Crippen molar-refractivity contribution >= 4 is 8.03 Å². The van der Waals surface area contributed by atoms with Crippen molar-refractivity contribution in [3.8, 4) is 0 Å². The van der Waals surface area contributed by atoms with Crippen LogP contribution in [0.4, 0.5) is 0 Å². The van der Waals surface area contributed by atoms with Crippen LogP contribution in [0.15, 0.2) is 12.7 Å². The molecule has 0 aromatic rings. The maximum absolute atomic E-state index is 10.7. The lowest BCUT2D eigenvalue weighted by Gasteiger charge is -2.16. The fourth-order valence-corrected chi connectivity index (χ4v) is 2.14. The van der Waals surface area contributed by atoms with E-state index < -0.39 is 13.6 Å². The van der Waals surface area contributed by atoms with Gasteiger partial charge in [-0.15, -0.1) is 6.58 Å². The van der Waals surface area contributed by atoms with Crippen LogP contribution >= 0.6 is 8.03 Å². The number of nitrogens with two attached hydrogens (primary N) is 1. The Morgan fingerprint density at radius 1 is 2.00 bits per heavy atom. The molecule has 1 aliphatic carbocycles. The van der Waals surface area contributed by atoms with Gasteiger partial charge in [0.25, 0.3) is 0 Å². The Morgan fingerprint density at radius 2 is 2.55 bits per heavy atom. The molecule has 1 saturated carbocycles. The minimum atomic E-state index is -2.47. The van der Waals surface area contributed by atoms with Gasteiger partial charge in [0.05, 0.1) is 0 Å². The van der Waals surface area contributed by atoms with Crippen LogP contribution in [0.3, 0.4) is 0 Å². The Bertz CT molecular complexity index is 207. The average molecular weight is 175 g/mol. The summed E-state index contributed by atoms with van der Waals surface area (Å²) < 4.78 is 10.7. The Morgan fingerprint density at radius 3 is 2.82 bits per heavy atom. The first kappa shape index (κ1) is 8.98. The van der Waals surface area contributed by atoms with Gasteiger partial charge in [-0.1, -0.05) is 13.0 Å². The van der Waals surface area contributed by atoms with Crippen LogP contribution in [-0.2, 0) is 4.57 Å². The molecular formula is C7H14NO2P. The van der Waals surface area contributed by atoms with Crippen molar-refractivity contribution in [1.82, 2.24) is 0 Å². The lowest BCUT2D eigenvalue weighted by atomic mass is 10.1. The molecule has 0 spiro atoms. The maximum atomic E-state index is 10.7. The van der Waals surface area contributed by atoms with Gasteiger partial charge in [-0.3, -0.25) is 4.57 Å². The van der Waals surface area contributed by atoms with E-state index >= 15 is 0 Å². The van der Waals surface area contributed by atoms with Crippen LogP contribution in [0.1, 0.15) is 13.3 Å². The molecule has 4 heteroatoms. The van der Waals surface area contributed by atoms with E-state index in [2.05, 4.69) is 6.58 Å². The molecule has 3 N–H and O–H groups in total. The monoisotopic (exact) mass is 175 g/mol. The zero-order chi connectivity index (χ0) is 8.65. The Kier molecular flexibility index (Phi) is 2.24. The first-order valence-electron chi connectivity index (χ1n) is 3.66. The second-order valence-corrected chi connectivity index (χ2v) is 4.76.